The zero-order chi connectivity index (χ0) is 10.1. The average molecular weight is 253 g/mol. The van der Waals surface area contributed by atoms with E-state index in [1.54, 1.807) is 19.4 Å². The Morgan fingerprint density at radius 1 is 1.43 bits per heavy atom. The highest BCUT2D eigenvalue weighted by Crippen LogP contribution is 2.31. The molecule has 0 aliphatic carbocycles. The first-order valence-corrected chi connectivity index (χ1v) is 4.89. The van der Waals surface area contributed by atoms with E-state index in [2.05, 4.69) is 20.9 Å². The van der Waals surface area contributed by atoms with Crippen LogP contribution in [-0.4, -0.2) is 12.1 Å². The monoisotopic (exact) mass is 252 g/mol. The summed E-state index contributed by atoms with van der Waals surface area (Å²) in [5.41, 5.74) is 7.38. The van der Waals surface area contributed by atoms with Crippen LogP contribution < -0.4 is 10.5 Å². The van der Waals surface area contributed by atoms with Gasteiger partial charge in [-0.2, -0.15) is 0 Å². The second kappa shape index (κ2) is 3.46. The van der Waals surface area contributed by atoms with Gasteiger partial charge in [-0.1, -0.05) is 0 Å². The molecule has 3 nitrogen and oxygen atoms in total. The Morgan fingerprint density at radius 2 is 2.21 bits per heavy atom. The van der Waals surface area contributed by atoms with Crippen LogP contribution >= 0.6 is 15.9 Å². The zero-order valence-electron chi connectivity index (χ0n) is 7.62. The number of benzene rings is 1. The highest BCUT2D eigenvalue weighted by atomic mass is 79.9. The van der Waals surface area contributed by atoms with Crippen LogP contribution in [-0.2, 0) is 0 Å². The first-order chi connectivity index (χ1) is 6.72. The van der Waals surface area contributed by atoms with Gasteiger partial charge in [-0.25, -0.2) is 0 Å². The number of halogens is 1. The molecule has 0 unspecified atom stereocenters. The fraction of sp³-hybridized carbons (Fsp3) is 0.100. The molecule has 0 radical (unpaired) electrons. The molecule has 2 aromatic rings. The van der Waals surface area contributed by atoms with Crippen molar-refractivity contribution in [1.82, 2.24) is 4.98 Å². The lowest BCUT2D eigenvalue weighted by atomic mass is 10.2. The van der Waals surface area contributed by atoms with E-state index in [1.807, 2.05) is 12.1 Å². The van der Waals surface area contributed by atoms with Crippen LogP contribution in [0.25, 0.3) is 10.9 Å². The summed E-state index contributed by atoms with van der Waals surface area (Å²) in [4.78, 5) is 4.22. The summed E-state index contributed by atoms with van der Waals surface area (Å²) < 4.78 is 6.03. The topological polar surface area (TPSA) is 48.1 Å². The summed E-state index contributed by atoms with van der Waals surface area (Å²) in [5, 5.41) is 0.924. The van der Waals surface area contributed by atoms with Crippen LogP contribution in [0.1, 0.15) is 0 Å². The first-order valence-electron chi connectivity index (χ1n) is 4.10. The van der Waals surface area contributed by atoms with Crippen molar-refractivity contribution in [3.8, 4) is 5.75 Å². The van der Waals surface area contributed by atoms with Gasteiger partial charge in [-0.3, -0.25) is 4.98 Å². The largest absolute Gasteiger partial charge is 0.497 e. The quantitative estimate of drug-likeness (QED) is 0.849. The molecule has 14 heavy (non-hydrogen) atoms. The van der Waals surface area contributed by atoms with E-state index in [-0.39, 0.29) is 0 Å². The number of nitrogen functional groups attached to an aromatic ring is 1. The Balaban J connectivity index is 2.83. The number of ether oxygens (including phenoxy) is 1. The van der Waals surface area contributed by atoms with Gasteiger partial charge in [0.2, 0.25) is 0 Å². The van der Waals surface area contributed by atoms with Gasteiger partial charge in [-0.15, -0.1) is 0 Å². The molecule has 0 aliphatic heterocycles. The van der Waals surface area contributed by atoms with Crippen molar-refractivity contribution in [2.24, 2.45) is 0 Å². The Morgan fingerprint density at radius 3 is 2.93 bits per heavy atom. The predicted octanol–water partition coefficient (Wildman–Crippen LogP) is 2.59. The number of fused-ring (bicyclic) bond motifs is 1. The number of nitrogens with two attached hydrogens (primary N) is 1. The maximum atomic E-state index is 5.84. The number of aromatic nitrogens is 1. The van der Waals surface area contributed by atoms with E-state index >= 15 is 0 Å². The maximum Gasteiger partial charge on any atom is 0.122 e. The van der Waals surface area contributed by atoms with E-state index < -0.39 is 0 Å². The fourth-order valence-electron chi connectivity index (χ4n) is 1.35. The third kappa shape index (κ3) is 1.42. The molecule has 0 bridgehead atoms. The zero-order valence-corrected chi connectivity index (χ0v) is 9.21. The van der Waals surface area contributed by atoms with Crippen molar-refractivity contribution < 1.29 is 4.74 Å². The van der Waals surface area contributed by atoms with E-state index in [4.69, 9.17) is 10.5 Å². The normalized spacial score (nSPS) is 10.4. The minimum Gasteiger partial charge on any atom is -0.497 e. The second-order valence-electron chi connectivity index (χ2n) is 2.90. The Labute approximate surface area is 90.0 Å². The van der Waals surface area contributed by atoms with Crippen molar-refractivity contribution in [2.45, 2.75) is 0 Å². The van der Waals surface area contributed by atoms with Crippen LogP contribution in [0.15, 0.2) is 28.9 Å². The summed E-state index contributed by atoms with van der Waals surface area (Å²) in [7, 11) is 1.62. The van der Waals surface area contributed by atoms with Crippen molar-refractivity contribution in [2.75, 3.05) is 12.8 Å². The number of pyridine rings is 1. The molecular formula is C10H9BrN2O. The van der Waals surface area contributed by atoms with Gasteiger partial charge in [0.1, 0.15) is 5.75 Å². The predicted molar refractivity (Wildman–Crippen MR) is 60.4 cm³/mol. The highest BCUT2D eigenvalue weighted by Gasteiger charge is 2.05. The number of nitrogens with zero attached hydrogens (tertiary/aromatic N) is 1. The van der Waals surface area contributed by atoms with Crippen LogP contribution in [0.2, 0.25) is 0 Å². The van der Waals surface area contributed by atoms with Gasteiger partial charge in [0, 0.05) is 27.8 Å². The summed E-state index contributed by atoms with van der Waals surface area (Å²) in [5.74, 6) is 0.766. The molecule has 0 amide bonds. The average Bonchev–Trinajstić information content (AvgIpc) is 2.17. The lowest BCUT2D eigenvalue weighted by molar-refractivity contribution is 0.415. The van der Waals surface area contributed by atoms with Gasteiger partial charge in [0.25, 0.3) is 0 Å². The molecule has 1 aromatic carbocycles. The van der Waals surface area contributed by atoms with Gasteiger partial charge in [0.15, 0.2) is 0 Å². The SMILES string of the molecule is COc1cc(Br)c2c(N)ccnc2c1. The molecule has 2 rings (SSSR count). The van der Waals surface area contributed by atoms with Gasteiger partial charge >= 0.3 is 0 Å². The third-order valence-electron chi connectivity index (χ3n) is 2.04. The molecule has 1 aromatic heterocycles. The number of anilines is 1. The fourth-order valence-corrected chi connectivity index (χ4v) is 2.01. The molecule has 0 saturated carbocycles. The molecule has 0 spiro atoms. The minimum absolute atomic E-state index is 0.713. The molecular weight excluding hydrogens is 244 g/mol. The standard InChI is InChI=1S/C10H9BrN2O/c1-14-6-4-7(11)10-8(12)2-3-13-9(10)5-6/h2-5H,1H3,(H2,12,13). The lowest BCUT2D eigenvalue weighted by Crippen LogP contribution is -1.91. The van der Waals surface area contributed by atoms with Gasteiger partial charge in [0.05, 0.1) is 12.6 Å². The molecule has 0 aliphatic rings. The van der Waals surface area contributed by atoms with Crippen molar-refractivity contribution in [3.05, 3.63) is 28.9 Å². The molecule has 72 valence electrons. The van der Waals surface area contributed by atoms with E-state index in [1.165, 1.54) is 0 Å². The first kappa shape index (κ1) is 9.27. The van der Waals surface area contributed by atoms with E-state index in [0.29, 0.717) is 5.69 Å². The summed E-state index contributed by atoms with van der Waals surface area (Å²) in [6, 6.07) is 5.51. The second-order valence-corrected chi connectivity index (χ2v) is 3.76. The van der Waals surface area contributed by atoms with Crippen LogP contribution in [0.4, 0.5) is 5.69 Å². The summed E-state index contributed by atoms with van der Waals surface area (Å²) in [6.45, 7) is 0. The number of hydrogen-bond donors (Lipinski definition) is 1. The number of rotatable bonds is 1. The maximum absolute atomic E-state index is 5.84. The smallest absolute Gasteiger partial charge is 0.122 e. The van der Waals surface area contributed by atoms with Crippen LogP contribution in [0.5, 0.6) is 5.75 Å². The van der Waals surface area contributed by atoms with Crippen LogP contribution in [0.3, 0.4) is 0 Å². The molecule has 0 saturated heterocycles. The van der Waals surface area contributed by atoms with Crippen LogP contribution in [0, 0.1) is 0 Å². The van der Waals surface area contributed by atoms with E-state index in [9.17, 15) is 0 Å². The molecule has 0 fully saturated rings. The highest BCUT2D eigenvalue weighted by molar-refractivity contribution is 9.10. The summed E-state index contributed by atoms with van der Waals surface area (Å²) in [6.07, 6.45) is 1.68. The lowest BCUT2D eigenvalue weighted by Gasteiger charge is -2.06. The minimum atomic E-state index is 0.713. The molecule has 2 N–H and O–H groups in total. The molecule has 0 atom stereocenters. The van der Waals surface area contributed by atoms with Crippen molar-refractivity contribution >= 4 is 32.5 Å². The Kier molecular flexibility index (Phi) is 2.29. The summed E-state index contributed by atoms with van der Waals surface area (Å²) >= 11 is 3.44. The Hall–Kier alpha value is -1.29. The molecule has 4 heteroatoms. The third-order valence-corrected chi connectivity index (χ3v) is 2.66. The molecule has 1 heterocycles. The Bertz CT molecular complexity index is 485. The van der Waals surface area contributed by atoms with Gasteiger partial charge in [-0.05, 0) is 28.1 Å². The van der Waals surface area contributed by atoms with Crippen molar-refractivity contribution in [3.63, 3.8) is 0 Å². The number of hydrogen-bond acceptors (Lipinski definition) is 3. The van der Waals surface area contributed by atoms with Gasteiger partial charge < -0.3 is 10.5 Å². The van der Waals surface area contributed by atoms with E-state index in [0.717, 1.165) is 21.1 Å². The van der Waals surface area contributed by atoms with Crippen molar-refractivity contribution in [1.29, 1.82) is 0 Å². The number of methoxy groups -OCH3 is 1.